The molecule has 0 radical (unpaired) electrons. The highest BCUT2D eigenvalue weighted by Gasteiger charge is 2.22. The lowest BCUT2D eigenvalue weighted by Gasteiger charge is -2.19. The zero-order valence-electron chi connectivity index (χ0n) is 17.3. The van der Waals surface area contributed by atoms with Crippen LogP contribution < -0.4 is 0 Å². The summed E-state index contributed by atoms with van der Waals surface area (Å²) < 4.78 is 0. The quantitative estimate of drug-likeness (QED) is 0.379. The molecular formula is C25H30N2. The van der Waals surface area contributed by atoms with Gasteiger partial charge in [0.25, 0.3) is 0 Å². The number of aromatic nitrogens is 2. The van der Waals surface area contributed by atoms with Crippen LogP contribution in [0.3, 0.4) is 0 Å². The van der Waals surface area contributed by atoms with Crippen LogP contribution in [0.5, 0.6) is 0 Å². The van der Waals surface area contributed by atoms with E-state index < -0.39 is 0 Å². The van der Waals surface area contributed by atoms with E-state index in [1.807, 2.05) is 0 Å². The Hall–Kier alpha value is -2.48. The van der Waals surface area contributed by atoms with E-state index in [0.717, 1.165) is 6.42 Å². The maximum Gasteiger partial charge on any atom is 0.0497 e. The van der Waals surface area contributed by atoms with Gasteiger partial charge < -0.3 is 9.97 Å². The van der Waals surface area contributed by atoms with E-state index >= 15 is 0 Å². The lowest BCUT2D eigenvalue weighted by Crippen LogP contribution is -2.10. The average molecular weight is 359 g/mol. The monoisotopic (exact) mass is 358 g/mol. The summed E-state index contributed by atoms with van der Waals surface area (Å²) in [6.07, 6.45) is 3.21. The molecule has 27 heavy (non-hydrogen) atoms. The van der Waals surface area contributed by atoms with Crippen LogP contribution in [-0.4, -0.2) is 9.97 Å². The molecule has 2 aromatic heterocycles. The van der Waals surface area contributed by atoms with Crippen molar-refractivity contribution in [1.82, 2.24) is 9.97 Å². The molecule has 0 aliphatic rings. The van der Waals surface area contributed by atoms with Crippen LogP contribution in [-0.2, 0) is 11.8 Å². The molecule has 2 heteroatoms. The molecule has 0 aliphatic carbocycles. The zero-order valence-corrected chi connectivity index (χ0v) is 17.3. The largest absolute Gasteiger partial charge is 0.361 e. The first kappa shape index (κ1) is 17.9. The summed E-state index contributed by atoms with van der Waals surface area (Å²) in [5, 5.41) is 2.66. The van der Waals surface area contributed by atoms with E-state index in [0.29, 0.717) is 0 Å². The summed E-state index contributed by atoms with van der Waals surface area (Å²) in [6, 6.07) is 15.5. The van der Waals surface area contributed by atoms with Gasteiger partial charge in [0.05, 0.1) is 0 Å². The number of para-hydroxylation sites is 1. The van der Waals surface area contributed by atoms with Gasteiger partial charge in [0.2, 0.25) is 0 Å². The smallest absolute Gasteiger partial charge is 0.0497 e. The molecule has 4 rings (SSSR count). The Morgan fingerprint density at radius 1 is 0.815 bits per heavy atom. The van der Waals surface area contributed by atoms with Crippen LogP contribution in [0.25, 0.3) is 33.1 Å². The molecule has 0 fully saturated rings. The minimum Gasteiger partial charge on any atom is -0.361 e. The van der Waals surface area contributed by atoms with E-state index in [1.54, 1.807) is 0 Å². The van der Waals surface area contributed by atoms with Gasteiger partial charge in [0, 0.05) is 33.7 Å². The standard InChI is InChI=1S/C25H30N2/c1-24(2,3)14-19-17-9-7-8-10-22(17)27-23(19)16-11-12-21-18(13-16)20(15-26-21)25(4,5)6/h7-13,15,26-27H,14H2,1-6H3. The number of aromatic amines is 2. The van der Waals surface area contributed by atoms with E-state index in [9.17, 15) is 0 Å². The molecule has 0 unspecified atom stereocenters. The Kier molecular flexibility index (Phi) is 3.99. The summed E-state index contributed by atoms with van der Waals surface area (Å²) in [5.74, 6) is 0. The fraction of sp³-hybridized carbons (Fsp3) is 0.360. The van der Waals surface area contributed by atoms with Crippen molar-refractivity contribution in [2.45, 2.75) is 53.4 Å². The first-order chi connectivity index (χ1) is 12.6. The van der Waals surface area contributed by atoms with Crippen molar-refractivity contribution in [1.29, 1.82) is 0 Å². The van der Waals surface area contributed by atoms with E-state index in [1.165, 1.54) is 44.2 Å². The minimum absolute atomic E-state index is 0.117. The highest BCUT2D eigenvalue weighted by atomic mass is 14.7. The SMILES string of the molecule is CC(C)(C)Cc1c(-c2ccc3[nH]cc(C(C)(C)C)c3c2)[nH]c2ccccc12. The molecule has 0 aliphatic heterocycles. The molecule has 2 N–H and O–H groups in total. The van der Waals surface area contributed by atoms with Gasteiger partial charge in [-0.1, -0.05) is 65.8 Å². The summed E-state index contributed by atoms with van der Waals surface area (Å²) in [4.78, 5) is 7.15. The number of rotatable bonds is 2. The van der Waals surface area contributed by atoms with Crippen molar-refractivity contribution in [3.63, 3.8) is 0 Å². The van der Waals surface area contributed by atoms with Gasteiger partial charge in [-0.15, -0.1) is 0 Å². The highest BCUT2D eigenvalue weighted by Crippen LogP contribution is 2.37. The predicted molar refractivity (Wildman–Crippen MR) is 117 cm³/mol. The third kappa shape index (κ3) is 3.29. The topological polar surface area (TPSA) is 31.6 Å². The number of fused-ring (bicyclic) bond motifs is 2. The maximum atomic E-state index is 3.71. The van der Waals surface area contributed by atoms with Crippen LogP contribution in [0.1, 0.15) is 52.7 Å². The van der Waals surface area contributed by atoms with Gasteiger partial charge in [-0.05, 0) is 52.1 Å². The fourth-order valence-corrected chi connectivity index (χ4v) is 4.06. The average Bonchev–Trinajstić information content (AvgIpc) is 3.14. The van der Waals surface area contributed by atoms with Gasteiger partial charge in [-0.3, -0.25) is 0 Å². The molecular weight excluding hydrogens is 328 g/mol. The molecule has 140 valence electrons. The van der Waals surface area contributed by atoms with Crippen LogP contribution in [0.15, 0.2) is 48.7 Å². The lowest BCUT2D eigenvalue weighted by molar-refractivity contribution is 0.413. The third-order valence-electron chi connectivity index (χ3n) is 5.30. The molecule has 2 aromatic carbocycles. The van der Waals surface area contributed by atoms with Crippen molar-refractivity contribution in [2.24, 2.45) is 5.41 Å². The zero-order chi connectivity index (χ0) is 19.4. The van der Waals surface area contributed by atoms with Crippen molar-refractivity contribution in [3.05, 3.63) is 59.8 Å². The van der Waals surface area contributed by atoms with Crippen molar-refractivity contribution in [3.8, 4) is 11.3 Å². The fourth-order valence-electron chi connectivity index (χ4n) is 4.06. The number of benzene rings is 2. The third-order valence-corrected chi connectivity index (χ3v) is 5.30. The normalized spacial score (nSPS) is 13.0. The summed E-state index contributed by atoms with van der Waals surface area (Å²) in [6.45, 7) is 13.8. The van der Waals surface area contributed by atoms with Gasteiger partial charge in [-0.2, -0.15) is 0 Å². The van der Waals surface area contributed by atoms with E-state index in [2.05, 4.69) is 100 Å². The number of hydrogen-bond acceptors (Lipinski definition) is 0. The molecule has 0 atom stereocenters. The Morgan fingerprint density at radius 3 is 2.26 bits per heavy atom. The van der Waals surface area contributed by atoms with Crippen LogP contribution in [0.2, 0.25) is 0 Å². The van der Waals surface area contributed by atoms with Crippen molar-refractivity contribution < 1.29 is 0 Å². The number of nitrogens with one attached hydrogen (secondary N) is 2. The summed E-state index contributed by atoms with van der Waals surface area (Å²) in [7, 11) is 0. The molecule has 0 saturated heterocycles. The highest BCUT2D eigenvalue weighted by molar-refractivity contribution is 5.94. The molecule has 0 amide bonds. The summed E-state index contributed by atoms with van der Waals surface area (Å²) in [5.41, 5.74) is 8.09. The second-order valence-electron chi connectivity index (χ2n) is 9.97. The first-order valence-electron chi connectivity index (χ1n) is 9.85. The van der Waals surface area contributed by atoms with Gasteiger partial charge >= 0.3 is 0 Å². The van der Waals surface area contributed by atoms with E-state index in [-0.39, 0.29) is 10.8 Å². The molecule has 0 spiro atoms. The number of H-pyrrole nitrogens is 2. The van der Waals surface area contributed by atoms with Crippen LogP contribution >= 0.6 is 0 Å². The van der Waals surface area contributed by atoms with Crippen molar-refractivity contribution in [2.75, 3.05) is 0 Å². The maximum absolute atomic E-state index is 3.71. The van der Waals surface area contributed by atoms with Gasteiger partial charge in [0.15, 0.2) is 0 Å². The van der Waals surface area contributed by atoms with E-state index in [4.69, 9.17) is 0 Å². The first-order valence-corrected chi connectivity index (χ1v) is 9.85. The van der Waals surface area contributed by atoms with Crippen LogP contribution in [0, 0.1) is 5.41 Å². The molecule has 0 saturated carbocycles. The molecule has 4 aromatic rings. The Balaban J connectivity index is 1.95. The Morgan fingerprint density at radius 2 is 1.56 bits per heavy atom. The lowest BCUT2D eigenvalue weighted by atomic mass is 9.85. The second-order valence-corrected chi connectivity index (χ2v) is 9.97. The minimum atomic E-state index is 0.117. The molecule has 0 bridgehead atoms. The predicted octanol–water partition coefficient (Wildman–Crippen LogP) is 7.20. The van der Waals surface area contributed by atoms with Crippen LogP contribution in [0.4, 0.5) is 0 Å². The van der Waals surface area contributed by atoms with Gasteiger partial charge in [-0.25, -0.2) is 0 Å². The Bertz CT molecular complexity index is 1110. The number of hydrogen-bond donors (Lipinski definition) is 2. The summed E-state index contributed by atoms with van der Waals surface area (Å²) >= 11 is 0. The molecule has 2 nitrogen and oxygen atoms in total. The molecule has 2 heterocycles. The Labute approximate surface area is 162 Å². The van der Waals surface area contributed by atoms with Crippen molar-refractivity contribution >= 4 is 21.8 Å². The second kappa shape index (κ2) is 6.02. The van der Waals surface area contributed by atoms with Gasteiger partial charge in [0.1, 0.15) is 0 Å².